The van der Waals surface area contributed by atoms with E-state index in [1.165, 1.54) is 12.5 Å². The summed E-state index contributed by atoms with van der Waals surface area (Å²) in [6, 6.07) is 16.3. The Balaban J connectivity index is 0.00000225. The Morgan fingerprint density at radius 1 is 1.28 bits per heavy atom. The summed E-state index contributed by atoms with van der Waals surface area (Å²) in [4.78, 5) is 13.7. The van der Waals surface area contributed by atoms with Crippen LogP contribution < -0.4 is 10.6 Å². The first kappa shape index (κ1) is 19.7. The summed E-state index contributed by atoms with van der Waals surface area (Å²) >= 11 is 6.41. The Bertz CT molecular complexity index is 723. The molecule has 1 fully saturated rings. The molecule has 2 aromatic carbocycles. The number of carbonyl (C=O) groups is 1. The molecule has 0 radical (unpaired) electrons. The van der Waals surface area contributed by atoms with Gasteiger partial charge in [-0.15, -0.1) is 12.4 Å². The lowest BCUT2D eigenvalue weighted by Crippen LogP contribution is -2.45. The van der Waals surface area contributed by atoms with Gasteiger partial charge < -0.3 is 10.6 Å². The maximum atomic E-state index is 11.2. The van der Waals surface area contributed by atoms with Crippen LogP contribution in [0.1, 0.15) is 24.1 Å². The predicted octanol–water partition coefficient (Wildman–Crippen LogP) is 3.87. The third-order valence-corrected chi connectivity index (χ3v) is 4.60. The Labute approximate surface area is 160 Å². The molecule has 1 saturated heterocycles. The summed E-state index contributed by atoms with van der Waals surface area (Å²) in [6.07, 6.45) is 0. The monoisotopic (exact) mass is 379 g/mol. The molecule has 3 rings (SSSR count). The zero-order valence-electron chi connectivity index (χ0n) is 14.2. The van der Waals surface area contributed by atoms with E-state index in [9.17, 15) is 4.79 Å². The second kappa shape index (κ2) is 9.20. The molecule has 2 aromatic rings. The molecule has 0 spiro atoms. The normalized spacial score (nSPS) is 17.6. The number of hydrogen-bond donors (Lipinski definition) is 2. The van der Waals surface area contributed by atoms with E-state index in [-0.39, 0.29) is 24.4 Å². The van der Waals surface area contributed by atoms with Gasteiger partial charge in [-0.1, -0.05) is 41.9 Å². The van der Waals surface area contributed by atoms with Crippen LogP contribution in [-0.2, 0) is 11.3 Å². The van der Waals surface area contributed by atoms with Gasteiger partial charge in [-0.3, -0.25) is 9.69 Å². The molecule has 1 amide bonds. The second-order valence-electron chi connectivity index (χ2n) is 6.09. The molecule has 1 aliphatic rings. The highest BCUT2D eigenvalue weighted by Crippen LogP contribution is 2.29. The SMILES string of the molecule is CC(=O)Nc1cccc(CN2CCNCC2c2ccccc2Cl)c1.Cl. The zero-order chi connectivity index (χ0) is 16.9. The van der Waals surface area contributed by atoms with Gasteiger partial charge >= 0.3 is 0 Å². The molecule has 134 valence electrons. The Morgan fingerprint density at radius 2 is 2.08 bits per heavy atom. The van der Waals surface area contributed by atoms with E-state index in [2.05, 4.69) is 27.7 Å². The topological polar surface area (TPSA) is 44.4 Å². The largest absolute Gasteiger partial charge is 0.326 e. The average molecular weight is 380 g/mol. The van der Waals surface area contributed by atoms with E-state index in [0.717, 1.165) is 42.5 Å². The highest BCUT2D eigenvalue weighted by molar-refractivity contribution is 6.31. The number of anilines is 1. The molecule has 6 heteroatoms. The summed E-state index contributed by atoms with van der Waals surface area (Å²) in [5.74, 6) is -0.0525. The maximum Gasteiger partial charge on any atom is 0.221 e. The van der Waals surface area contributed by atoms with Crippen LogP contribution in [0.3, 0.4) is 0 Å². The number of halogens is 2. The molecule has 1 aliphatic heterocycles. The number of piperazine rings is 1. The average Bonchev–Trinajstić information content (AvgIpc) is 2.56. The van der Waals surface area contributed by atoms with Crippen LogP contribution in [-0.4, -0.2) is 30.4 Å². The van der Waals surface area contributed by atoms with Crippen molar-refractivity contribution in [2.45, 2.75) is 19.5 Å². The first-order valence-electron chi connectivity index (χ1n) is 8.19. The van der Waals surface area contributed by atoms with Crippen LogP contribution in [0, 0.1) is 0 Å². The van der Waals surface area contributed by atoms with Crippen molar-refractivity contribution in [2.75, 3.05) is 25.0 Å². The lowest BCUT2D eigenvalue weighted by molar-refractivity contribution is -0.114. The number of carbonyl (C=O) groups excluding carboxylic acids is 1. The highest BCUT2D eigenvalue weighted by Gasteiger charge is 2.25. The van der Waals surface area contributed by atoms with Crippen molar-refractivity contribution >= 4 is 35.6 Å². The quantitative estimate of drug-likeness (QED) is 0.847. The van der Waals surface area contributed by atoms with E-state index in [0.29, 0.717) is 0 Å². The molecule has 0 bridgehead atoms. The van der Waals surface area contributed by atoms with E-state index in [1.54, 1.807) is 0 Å². The maximum absolute atomic E-state index is 11.2. The summed E-state index contributed by atoms with van der Waals surface area (Å²) in [5.41, 5.74) is 3.18. The molecule has 1 atom stereocenters. The third kappa shape index (κ3) is 5.19. The van der Waals surface area contributed by atoms with Gasteiger partial charge in [-0.25, -0.2) is 0 Å². The van der Waals surface area contributed by atoms with E-state index in [1.807, 2.05) is 36.4 Å². The molecule has 0 aliphatic carbocycles. The molecule has 2 N–H and O–H groups in total. The second-order valence-corrected chi connectivity index (χ2v) is 6.50. The number of amides is 1. The molecule has 1 heterocycles. The Kier molecular flexibility index (Phi) is 7.26. The van der Waals surface area contributed by atoms with Gasteiger partial charge in [-0.05, 0) is 29.3 Å². The minimum absolute atomic E-state index is 0. The van der Waals surface area contributed by atoms with Gasteiger partial charge in [-0.2, -0.15) is 0 Å². The number of nitrogens with one attached hydrogen (secondary N) is 2. The predicted molar refractivity (Wildman–Crippen MR) is 105 cm³/mol. The number of rotatable bonds is 4. The summed E-state index contributed by atoms with van der Waals surface area (Å²) < 4.78 is 0. The van der Waals surface area contributed by atoms with Gasteiger partial charge in [0.05, 0.1) is 0 Å². The molecule has 25 heavy (non-hydrogen) atoms. The first-order valence-corrected chi connectivity index (χ1v) is 8.57. The van der Waals surface area contributed by atoms with Crippen molar-refractivity contribution in [3.8, 4) is 0 Å². The standard InChI is InChI=1S/C19H22ClN3O.ClH/c1-14(24)22-16-6-4-5-15(11-16)13-23-10-9-21-12-19(23)17-7-2-3-8-18(17)20;/h2-8,11,19,21H,9-10,12-13H2,1H3,(H,22,24);1H. The smallest absolute Gasteiger partial charge is 0.221 e. The molecular weight excluding hydrogens is 357 g/mol. The zero-order valence-corrected chi connectivity index (χ0v) is 15.7. The van der Waals surface area contributed by atoms with E-state index >= 15 is 0 Å². The van der Waals surface area contributed by atoms with Crippen molar-refractivity contribution < 1.29 is 4.79 Å². The Morgan fingerprint density at radius 3 is 2.84 bits per heavy atom. The van der Waals surface area contributed by atoms with E-state index in [4.69, 9.17) is 11.6 Å². The van der Waals surface area contributed by atoms with Gasteiger partial charge in [0.15, 0.2) is 0 Å². The van der Waals surface area contributed by atoms with Crippen molar-refractivity contribution in [3.05, 3.63) is 64.7 Å². The van der Waals surface area contributed by atoms with Crippen LogP contribution >= 0.6 is 24.0 Å². The van der Waals surface area contributed by atoms with E-state index < -0.39 is 0 Å². The minimum Gasteiger partial charge on any atom is -0.326 e. The number of benzene rings is 2. The lowest BCUT2D eigenvalue weighted by Gasteiger charge is -2.37. The summed E-state index contributed by atoms with van der Waals surface area (Å²) in [6.45, 7) is 5.16. The minimum atomic E-state index is -0.0525. The van der Waals surface area contributed by atoms with Crippen LogP contribution in [0.15, 0.2) is 48.5 Å². The van der Waals surface area contributed by atoms with Gasteiger partial charge in [0, 0.05) is 49.9 Å². The van der Waals surface area contributed by atoms with Crippen molar-refractivity contribution in [1.29, 1.82) is 0 Å². The highest BCUT2D eigenvalue weighted by atomic mass is 35.5. The fourth-order valence-electron chi connectivity index (χ4n) is 3.17. The molecule has 0 aromatic heterocycles. The fourth-order valence-corrected chi connectivity index (χ4v) is 3.43. The van der Waals surface area contributed by atoms with Crippen molar-refractivity contribution in [3.63, 3.8) is 0 Å². The molecule has 4 nitrogen and oxygen atoms in total. The fraction of sp³-hybridized carbons (Fsp3) is 0.316. The summed E-state index contributed by atoms with van der Waals surface area (Å²) in [5, 5.41) is 7.11. The third-order valence-electron chi connectivity index (χ3n) is 4.25. The van der Waals surface area contributed by atoms with Crippen LogP contribution in [0.25, 0.3) is 0 Å². The number of hydrogen-bond acceptors (Lipinski definition) is 3. The van der Waals surface area contributed by atoms with Gasteiger partial charge in [0.2, 0.25) is 5.91 Å². The molecule has 0 saturated carbocycles. The van der Waals surface area contributed by atoms with Crippen LogP contribution in [0.5, 0.6) is 0 Å². The lowest BCUT2D eigenvalue weighted by atomic mass is 10.0. The van der Waals surface area contributed by atoms with Gasteiger partial charge in [0.25, 0.3) is 0 Å². The van der Waals surface area contributed by atoms with Crippen molar-refractivity contribution in [1.82, 2.24) is 10.2 Å². The first-order chi connectivity index (χ1) is 11.6. The van der Waals surface area contributed by atoms with Gasteiger partial charge in [0.1, 0.15) is 0 Å². The van der Waals surface area contributed by atoms with Crippen LogP contribution in [0.2, 0.25) is 5.02 Å². The van der Waals surface area contributed by atoms with Crippen molar-refractivity contribution in [2.24, 2.45) is 0 Å². The summed E-state index contributed by atoms with van der Waals surface area (Å²) in [7, 11) is 0. The molecular formula is C19H23Cl2N3O. The Hall–Kier alpha value is -1.59. The number of nitrogens with zero attached hydrogens (tertiary/aromatic N) is 1. The van der Waals surface area contributed by atoms with Crippen LogP contribution in [0.4, 0.5) is 5.69 Å². The molecule has 1 unspecified atom stereocenters.